The number of rotatable bonds is 3. The zero-order valence-electron chi connectivity index (χ0n) is 11.8. The number of fused-ring (bicyclic) bond motifs is 1. The van der Waals surface area contributed by atoms with Gasteiger partial charge in [-0.25, -0.2) is 27.4 Å². The highest BCUT2D eigenvalue weighted by Gasteiger charge is 2.30. The molecule has 1 aliphatic rings. The Morgan fingerprint density at radius 1 is 1.26 bits per heavy atom. The van der Waals surface area contributed by atoms with Crippen LogP contribution in [0.5, 0.6) is 0 Å². The number of hydrogen-bond acceptors (Lipinski definition) is 3. The first-order valence-electron chi connectivity index (χ1n) is 6.93. The first-order chi connectivity index (χ1) is 10.9. The second-order valence-electron chi connectivity index (χ2n) is 5.33. The van der Waals surface area contributed by atoms with E-state index < -0.39 is 41.7 Å². The molecule has 0 saturated heterocycles. The minimum atomic E-state index is -1.33. The monoisotopic (exact) mass is 327 g/mol. The molecule has 1 aromatic heterocycles. The number of carboxylic acids is 1. The maximum Gasteiger partial charge on any atom is 0.347 e. The van der Waals surface area contributed by atoms with Gasteiger partial charge in [-0.05, 0) is 18.9 Å². The number of benzene rings is 1. The van der Waals surface area contributed by atoms with Gasteiger partial charge in [0, 0.05) is 18.1 Å². The SMILES string of the molecule is O=C(O)C1CCCc2nn(Cc3cc(F)c(F)cc3F)c(=O)n21. The minimum absolute atomic E-state index is 0.242. The van der Waals surface area contributed by atoms with Gasteiger partial charge in [0.1, 0.15) is 17.7 Å². The number of aromatic nitrogens is 3. The number of carbonyl (C=O) groups is 1. The van der Waals surface area contributed by atoms with Gasteiger partial charge < -0.3 is 5.11 Å². The molecule has 23 heavy (non-hydrogen) atoms. The molecule has 2 aromatic rings. The van der Waals surface area contributed by atoms with E-state index in [1.54, 1.807) is 0 Å². The second kappa shape index (κ2) is 5.56. The van der Waals surface area contributed by atoms with Crippen LogP contribution in [-0.2, 0) is 17.8 Å². The Balaban J connectivity index is 2.02. The summed E-state index contributed by atoms with van der Waals surface area (Å²) >= 11 is 0. The maximum absolute atomic E-state index is 13.7. The molecule has 0 aliphatic carbocycles. The van der Waals surface area contributed by atoms with Crippen molar-refractivity contribution in [2.24, 2.45) is 0 Å². The van der Waals surface area contributed by atoms with Crippen molar-refractivity contribution in [1.82, 2.24) is 14.3 Å². The molecule has 1 atom stereocenters. The van der Waals surface area contributed by atoms with Crippen LogP contribution in [0.15, 0.2) is 16.9 Å². The molecule has 1 aromatic carbocycles. The van der Waals surface area contributed by atoms with E-state index in [0.717, 1.165) is 9.25 Å². The fraction of sp³-hybridized carbons (Fsp3) is 0.357. The second-order valence-corrected chi connectivity index (χ2v) is 5.33. The quantitative estimate of drug-likeness (QED) is 0.866. The van der Waals surface area contributed by atoms with Gasteiger partial charge in [0.25, 0.3) is 0 Å². The van der Waals surface area contributed by atoms with Gasteiger partial charge in [0.05, 0.1) is 6.54 Å². The molecule has 9 heteroatoms. The number of aryl methyl sites for hydroxylation is 1. The molecular weight excluding hydrogens is 315 g/mol. The fourth-order valence-corrected chi connectivity index (χ4v) is 2.71. The van der Waals surface area contributed by atoms with Crippen molar-refractivity contribution in [2.75, 3.05) is 0 Å². The van der Waals surface area contributed by atoms with Crippen molar-refractivity contribution in [3.05, 3.63) is 51.5 Å². The Labute approximate surface area is 127 Å². The highest BCUT2D eigenvalue weighted by molar-refractivity contribution is 5.72. The molecule has 2 heterocycles. The number of aliphatic carboxylic acids is 1. The summed E-state index contributed by atoms with van der Waals surface area (Å²) in [4.78, 5) is 23.5. The molecule has 6 nitrogen and oxygen atoms in total. The van der Waals surface area contributed by atoms with Crippen LogP contribution in [0, 0.1) is 17.5 Å². The number of hydrogen-bond donors (Lipinski definition) is 1. The van der Waals surface area contributed by atoms with E-state index >= 15 is 0 Å². The molecule has 0 amide bonds. The van der Waals surface area contributed by atoms with Gasteiger partial charge in [0.15, 0.2) is 11.6 Å². The van der Waals surface area contributed by atoms with E-state index in [0.29, 0.717) is 31.4 Å². The van der Waals surface area contributed by atoms with Crippen molar-refractivity contribution >= 4 is 5.97 Å². The zero-order valence-corrected chi connectivity index (χ0v) is 11.8. The normalized spacial score (nSPS) is 17.1. The van der Waals surface area contributed by atoms with Gasteiger partial charge in [0.2, 0.25) is 0 Å². The lowest BCUT2D eigenvalue weighted by Crippen LogP contribution is -2.34. The van der Waals surface area contributed by atoms with E-state index in [4.69, 9.17) is 0 Å². The third-order valence-corrected chi connectivity index (χ3v) is 3.83. The number of carboxylic acid groups (broad SMARTS) is 1. The van der Waals surface area contributed by atoms with E-state index in [1.807, 2.05) is 0 Å². The van der Waals surface area contributed by atoms with Crippen LogP contribution in [0.1, 0.15) is 30.3 Å². The Morgan fingerprint density at radius 3 is 2.65 bits per heavy atom. The molecule has 122 valence electrons. The number of halogens is 3. The van der Waals surface area contributed by atoms with Gasteiger partial charge >= 0.3 is 11.7 Å². The van der Waals surface area contributed by atoms with Crippen LogP contribution < -0.4 is 5.69 Å². The van der Waals surface area contributed by atoms with Crippen molar-refractivity contribution in [1.29, 1.82) is 0 Å². The van der Waals surface area contributed by atoms with Gasteiger partial charge in [-0.3, -0.25) is 4.57 Å². The molecule has 0 bridgehead atoms. The standard InChI is InChI=1S/C14H12F3N3O3/c15-8-5-10(17)9(16)4-7(8)6-19-14(23)20-11(13(21)22)2-1-3-12(20)18-19/h4-5,11H,1-3,6H2,(H,21,22). The lowest BCUT2D eigenvalue weighted by Gasteiger charge is -2.19. The zero-order chi connectivity index (χ0) is 16.7. The molecule has 0 saturated carbocycles. The van der Waals surface area contributed by atoms with E-state index in [9.17, 15) is 27.9 Å². The molecule has 3 rings (SSSR count). The summed E-state index contributed by atoms with van der Waals surface area (Å²) in [6.45, 7) is -0.409. The van der Waals surface area contributed by atoms with Crippen molar-refractivity contribution in [3.8, 4) is 0 Å². The third kappa shape index (κ3) is 2.62. The third-order valence-electron chi connectivity index (χ3n) is 3.83. The smallest absolute Gasteiger partial charge is 0.347 e. The lowest BCUT2D eigenvalue weighted by molar-refractivity contribution is -0.141. The number of nitrogens with zero attached hydrogens (tertiary/aromatic N) is 3. The summed E-state index contributed by atoms with van der Waals surface area (Å²) in [5.74, 6) is -4.42. The molecule has 0 radical (unpaired) electrons. The largest absolute Gasteiger partial charge is 0.480 e. The van der Waals surface area contributed by atoms with Crippen LogP contribution >= 0.6 is 0 Å². The molecule has 1 unspecified atom stereocenters. The fourth-order valence-electron chi connectivity index (χ4n) is 2.71. The summed E-state index contributed by atoms with van der Waals surface area (Å²) in [5, 5.41) is 13.2. The topological polar surface area (TPSA) is 77.1 Å². The first-order valence-corrected chi connectivity index (χ1v) is 6.93. The Morgan fingerprint density at radius 2 is 1.96 bits per heavy atom. The summed E-state index contributed by atoms with van der Waals surface area (Å²) in [5.41, 5.74) is -0.954. The average molecular weight is 327 g/mol. The van der Waals surface area contributed by atoms with E-state index in [2.05, 4.69) is 5.10 Å². The lowest BCUT2D eigenvalue weighted by atomic mass is 10.1. The molecular formula is C14H12F3N3O3. The minimum Gasteiger partial charge on any atom is -0.480 e. The average Bonchev–Trinajstić information content (AvgIpc) is 2.81. The summed E-state index contributed by atoms with van der Waals surface area (Å²) in [7, 11) is 0. The molecule has 0 spiro atoms. The maximum atomic E-state index is 13.7. The molecule has 1 N–H and O–H groups in total. The Kier molecular flexibility index (Phi) is 3.70. The summed E-state index contributed by atoms with van der Waals surface area (Å²) in [6, 6.07) is 0.0328. The van der Waals surface area contributed by atoms with Crippen molar-refractivity contribution in [3.63, 3.8) is 0 Å². The van der Waals surface area contributed by atoms with Gasteiger partial charge in [-0.1, -0.05) is 0 Å². The molecule has 1 aliphatic heterocycles. The highest BCUT2D eigenvalue weighted by Crippen LogP contribution is 2.22. The predicted molar refractivity (Wildman–Crippen MR) is 71.5 cm³/mol. The van der Waals surface area contributed by atoms with Crippen LogP contribution in [0.25, 0.3) is 0 Å². The predicted octanol–water partition coefficient (Wildman–Crippen LogP) is 1.47. The summed E-state index contributed by atoms with van der Waals surface area (Å²) < 4.78 is 41.8. The van der Waals surface area contributed by atoms with Crippen molar-refractivity contribution in [2.45, 2.75) is 31.8 Å². The Bertz CT molecular complexity index is 844. The highest BCUT2D eigenvalue weighted by atomic mass is 19.2. The summed E-state index contributed by atoms with van der Waals surface area (Å²) in [6.07, 6.45) is 1.28. The van der Waals surface area contributed by atoms with Crippen LogP contribution in [-0.4, -0.2) is 25.4 Å². The van der Waals surface area contributed by atoms with Crippen LogP contribution in [0.4, 0.5) is 13.2 Å². The molecule has 0 fully saturated rings. The van der Waals surface area contributed by atoms with Crippen molar-refractivity contribution < 1.29 is 23.1 Å². The van der Waals surface area contributed by atoms with Gasteiger partial charge in [-0.2, -0.15) is 5.10 Å². The van der Waals surface area contributed by atoms with E-state index in [1.165, 1.54) is 0 Å². The first kappa shape index (κ1) is 15.3. The van der Waals surface area contributed by atoms with E-state index in [-0.39, 0.29) is 11.4 Å². The van der Waals surface area contributed by atoms with Crippen LogP contribution in [0.2, 0.25) is 0 Å². The van der Waals surface area contributed by atoms with Crippen LogP contribution in [0.3, 0.4) is 0 Å². The Hall–Kier alpha value is -2.58. The van der Waals surface area contributed by atoms with Gasteiger partial charge in [-0.15, -0.1) is 0 Å².